The van der Waals surface area contributed by atoms with Gasteiger partial charge in [-0.1, -0.05) is 0 Å². The predicted octanol–water partition coefficient (Wildman–Crippen LogP) is 1.82. The van der Waals surface area contributed by atoms with Gasteiger partial charge in [0.05, 0.1) is 0 Å². The minimum Gasteiger partial charge on any atom is -0.346 e. The van der Waals surface area contributed by atoms with Gasteiger partial charge in [-0.2, -0.15) is 13.8 Å². The van der Waals surface area contributed by atoms with Crippen LogP contribution in [0.15, 0.2) is 0 Å². The third-order valence-electron chi connectivity index (χ3n) is 0. The maximum Gasteiger partial charge on any atom is 0.0462 e. The summed E-state index contributed by atoms with van der Waals surface area (Å²) in [6, 6.07) is 0. The fourth-order valence-electron chi connectivity index (χ4n) is 0. The van der Waals surface area contributed by atoms with E-state index >= 15 is 0 Å². The Morgan fingerprint density at radius 3 is 1.00 bits per heavy atom. The molecule has 0 atom stereocenters. The van der Waals surface area contributed by atoms with E-state index in [1.54, 1.807) is 13.8 Å². The zero-order chi connectivity index (χ0) is 6.00. The van der Waals surface area contributed by atoms with E-state index in [0.717, 1.165) is 0 Å². The second kappa shape index (κ2) is 3210. The monoisotopic (exact) mass is 282 g/mol. The summed E-state index contributed by atoms with van der Waals surface area (Å²) in [5.74, 6) is 0. The minimum atomic E-state index is 0. The average molecular weight is 282 g/mol. The van der Waals surface area contributed by atoms with Gasteiger partial charge in [-0.3, -0.25) is 0 Å². The Morgan fingerprint density at radius 1 is 1.00 bits per heavy atom. The SMILES string of the molecule is C#N.[Au].[CH2-]C.[CH2-]C. The molecule has 0 amide bonds. The molecule has 7 heavy (non-hydrogen) atoms. The molecule has 0 heterocycles. The molecule has 0 N–H and O–H groups in total. The Hall–Kier alpha value is 0.230. The molecule has 0 aromatic carbocycles. The summed E-state index contributed by atoms with van der Waals surface area (Å²) in [6.45, 7) is 13.5. The van der Waals surface area contributed by atoms with E-state index in [0.29, 0.717) is 0 Å². The van der Waals surface area contributed by atoms with Crippen molar-refractivity contribution in [2.45, 2.75) is 13.8 Å². The molecule has 1 nitrogen and oxygen atoms in total. The van der Waals surface area contributed by atoms with E-state index in [9.17, 15) is 0 Å². The zero-order valence-corrected chi connectivity index (χ0v) is 6.91. The summed E-state index contributed by atoms with van der Waals surface area (Å²) >= 11 is 0. The molecule has 0 fully saturated rings. The van der Waals surface area contributed by atoms with E-state index in [4.69, 9.17) is 5.26 Å². The van der Waals surface area contributed by atoms with Crippen molar-refractivity contribution in [2.75, 3.05) is 0 Å². The molecule has 0 spiro atoms. The van der Waals surface area contributed by atoms with E-state index in [1.807, 2.05) is 0 Å². The standard InChI is InChI=1S/2C2H5.CHN.Au/c3*1-2;/h2*1H2,2H3;1H;/q2*-1;;. The Morgan fingerprint density at radius 2 is 1.00 bits per heavy atom. The zero-order valence-electron chi connectivity index (χ0n) is 4.74. The third-order valence-corrected chi connectivity index (χ3v) is 0. The number of rotatable bonds is 0. The Bertz CT molecular complexity index is 12.8. The molecular formula is C5H11AuN-2. The Labute approximate surface area is 62.2 Å². The van der Waals surface area contributed by atoms with Crippen molar-refractivity contribution in [3.8, 4) is 6.57 Å². The van der Waals surface area contributed by atoms with Crippen molar-refractivity contribution >= 4 is 0 Å². The van der Waals surface area contributed by atoms with Gasteiger partial charge in [0, 0.05) is 29.0 Å². The molecule has 0 unspecified atom stereocenters. The van der Waals surface area contributed by atoms with Crippen LogP contribution in [-0.4, -0.2) is 0 Å². The van der Waals surface area contributed by atoms with E-state index < -0.39 is 0 Å². The molecule has 0 bridgehead atoms. The molecule has 0 saturated heterocycles. The number of hydrogen-bond donors (Lipinski definition) is 0. The average Bonchev–Trinajstić information content (AvgIpc) is 1.81. The number of nitriles is 1. The second-order valence-electron chi connectivity index (χ2n) is 0. The van der Waals surface area contributed by atoms with Gasteiger partial charge >= 0.3 is 0 Å². The fourth-order valence-corrected chi connectivity index (χ4v) is 0. The van der Waals surface area contributed by atoms with Crippen LogP contribution in [0, 0.1) is 25.7 Å². The Balaban J connectivity index is -0.00000000900. The molecule has 0 saturated carbocycles. The van der Waals surface area contributed by atoms with Gasteiger partial charge in [0.1, 0.15) is 0 Å². The van der Waals surface area contributed by atoms with Crippen molar-refractivity contribution in [1.29, 1.82) is 5.26 Å². The van der Waals surface area contributed by atoms with Crippen LogP contribution in [0.1, 0.15) is 13.8 Å². The van der Waals surface area contributed by atoms with E-state index in [1.165, 1.54) is 0 Å². The summed E-state index contributed by atoms with van der Waals surface area (Å²) in [5, 5.41) is 6.50. The second-order valence-corrected chi connectivity index (χ2v) is 0. The smallest absolute Gasteiger partial charge is 0.0462 e. The molecule has 0 aromatic rings. The van der Waals surface area contributed by atoms with Crippen molar-refractivity contribution in [3.63, 3.8) is 0 Å². The molecule has 0 aliphatic carbocycles. The van der Waals surface area contributed by atoms with Crippen LogP contribution in [-0.2, 0) is 22.4 Å². The Kier molecular flexibility index (Phi) is 12400. The fraction of sp³-hybridized carbons (Fsp3) is 0.400. The summed E-state index contributed by atoms with van der Waals surface area (Å²) < 4.78 is 0. The van der Waals surface area contributed by atoms with Crippen molar-refractivity contribution in [2.24, 2.45) is 0 Å². The first-order chi connectivity index (χ1) is 3.00. The third kappa shape index (κ3) is 2100. The van der Waals surface area contributed by atoms with E-state index in [-0.39, 0.29) is 22.4 Å². The van der Waals surface area contributed by atoms with Crippen LogP contribution in [0.2, 0.25) is 0 Å². The van der Waals surface area contributed by atoms with Gasteiger partial charge in [-0.25, -0.2) is 5.26 Å². The maximum absolute atomic E-state index is 6.50. The topological polar surface area (TPSA) is 23.8 Å². The van der Waals surface area contributed by atoms with Crippen molar-refractivity contribution in [1.82, 2.24) is 0 Å². The molecule has 0 aromatic heterocycles. The van der Waals surface area contributed by atoms with Gasteiger partial charge in [-0.05, 0) is 0 Å². The van der Waals surface area contributed by atoms with Gasteiger partial charge in [0.25, 0.3) is 0 Å². The van der Waals surface area contributed by atoms with Gasteiger partial charge in [0.2, 0.25) is 0 Å². The molecule has 49 valence electrons. The minimum absolute atomic E-state index is 0. The summed E-state index contributed by atoms with van der Waals surface area (Å²) in [7, 11) is 0. The molecule has 0 aliphatic rings. The maximum atomic E-state index is 6.50. The summed E-state index contributed by atoms with van der Waals surface area (Å²) in [6.07, 6.45) is 0. The van der Waals surface area contributed by atoms with Gasteiger partial charge in [0.15, 0.2) is 0 Å². The van der Waals surface area contributed by atoms with Crippen molar-refractivity contribution < 1.29 is 22.4 Å². The normalized spacial score (nSPS) is 2.00. The molecule has 0 rings (SSSR count). The molecule has 2 heteroatoms. The first-order valence-electron chi connectivity index (χ1n) is 1.67. The number of nitrogens with zero attached hydrogens (tertiary/aromatic N) is 1. The van der Waals surface area contributed by atoms with Crippen LogP contribution >= 0.6 is 0 Å². The van der Waals surface area contributed by atoms with Crippen LogP contribution in [0.25, 0.3) is 0 Å². The molecular weight excluding hydrogens is 271 g/mol. The van der Waals surface area contributed by atoms with E-state index in [2.05, 4.69) is 20.4 Å². The summed E-state index contributed by atoms with van der Waals surface area (Å²) in [4.78, 5) is 0. The van der Waals surface area contributed by atoms with Crippen LogP contribution < -0.4 is 0 Å². The predicted molar refractivity (Wildman–Crippen MR) is 28.7 cm³/mol. The molecule has 1 radical (unpaired) electrons. The largest absolute Gasteiger partial charge is 0.346 e. The van der Waals surface area contributed by atoms with Crippen LogP contribution in [0.5, 0.6) is 0 Å². The summed E-state index contributed by atoms with van der Waals surface area (Å²) in [5.41, 5.74) is 0. The van der Waals surface area contributed by atoms with Crippen molar-refractivity contribution in [3.05, 3.63) is 13.8 Å². The van der Waals surface area contributed by atoms with Crippen LogP contribution in [0.3, 0.4) is 0 Å². The first kappa shape index (κ1) is 26.9. The van der Waals surface area contributed by atoms with Gasteiger partial charge in [-0.15, -0.1) is 0 Å². The quantitative estimate of drug-likeness (QED) is 0.491. The van der Waals surface area contributed by atoms with Crippen LogP contribution in [0.4, 0.5) is 0 Å². The molecule has 0 aliphatic heterocycles. The number of hydrogen-bond acceptors (Lipinski definition) is 1. The first-order valence-corrected chi connectivity index (χ1v) is 1.67. The van der Waals surface area contributed by atoms with Gasteiger partial charge < -0.3 is 13.8 Å².